The molecule has 0 N–H and O–H groups in total. The SMILES string of the molecule is CCOC(=O)CC(C)(C)C(Cl)/C=C/Cl. The van der Waals surface area contributed by atoms with Crippen LogP contribution in [0.2, 0.25) is 0 Å². The average molecular weight is 239 g/mol. The summed E-state index contributed by atoms with van der Waals surface area (Å²) in [7, 11) is 0. The molecule has 14 heavy (non-hydrogen) atoms. The molecule has 0 spiro atoms. The Morgan fingerprint density at radius 1 is 1.57 bits per heavy atom. The van der Waals surface area contributed by atoms with Crippen molar-refractivity contribution in [2.24, 2.45) is 5.41 Å². The van der Waals surface area contributed by atoms with Gasteiger partial charge in [0.1, 0.15) is 0 Å². The second-order valence-electron chi connectivity index (χ2n) is 3.69. The van der Waals surface area contributed by atoms with Gasteiger partial charge in [-0.3, -0.25) is 4.79 Å². The minimum absolute atomic E-state index is 0.230. The number of carbonyl (C=O) groups is 1. The molecule has 0 aromatic heterocycles. The zero-order chi connectivity index (χ0) is 11.2. The lowest BCUT2D eigenvalue weighted by Gasteiger charge is -2.26. The molecule has 2 nitrogen and oxygen atoms in total. The predicted molar refractivity (Wildman–Crippen MR) is 59.7 cm³/mol. The first kappa shape index (κ1) is 13.8. The third-order valence-electron chi connectivity index (χ3n) is 1.89. The molecule has 82 valence electrons. The van der Waals surface area contributed by atoms with Crippen LogP contribution in [0.1, 0.15) is 27.2 Å². The van der Waals surface area contributed by atoms with Crippen molar-refractivity contribution >= 4 is 29.2 Å². The van der Waals surface area contributed by atoms with Crippen LogP contribution >= 0.6 is 23.2 Å². The Hall–Kier alpha value is -0.210. The number of hydrogen-bond donors (Lipinski definition) is 0. The van der Waals surface area contributed by atoms with Gasteiger partial charge in [-0.05, 0) is 12.3 Å². The number of allylic oxidation sites excluding steroid dienone is 1. The molecule has 1 atom stereocenters. The quantitative estimate of drug-likeness (QED) is 0.543. The number of hydrogen-bond acceptors (Lipinski definition) is 2. The van der Waals surface area contributed by atoms with Gasteiger partial charge in [-0.2, -0.15) is 0 Å². The van der Waals surface area contributed by atoms with Crippen LogP contribution in [0.4, 0.5) is 0 Å². The number of rotatable bonds is 5. The van der Waals surface area contributed by atoms with Crippen molar-refractivity contribution in [3.63, 3.8) is 0 Å². The fraction of sp³-hybridized carbons (Fsp3) is 0.700. The summed E-state index contributed by atoms with van der Waals surface area (Å²) in [4.78, 5) is 11.2. The predicted octanol–water partition coefficient (Wildman–Crippen LogP) is 3.33. The van der Waals surface area contributed by atoms with Crippen molar-refractivity contribution < 1.29 is 9.53 Å². The molecule has 0 aromatic carbocycles. The minimum atomic E-state index is -0.348. The van der Waals surface area contributed by atoms with Crippen LogP contribution in [0, 0.1) is 5.41 Å². The molecule has 1 unspecified atom stereocenters. The molecule has 0 rings (SSSR count). The average Bonchev–Trinajstić information content (AvgIpc) is 2.03. The van der Waals surface area contributed by atoms with Gasteiger partial charge in [-0.1, -0.05) is 31.5 Å². The molecule has 0 saturated heterocycles. The van der Waals surface area contributed by atoms with Gasteiger partial charge in [0, 0.05) is 5.54 Å². The van der Waals surface area contributed by atoms with Crippen molar-refractivity contribution in [3.8, 4) is 0 Å². The van der Waals surface area contributed by atoms with Crippen molar-refractivity contribution in [1.29, 1.82) is 0 Å². The normalized spacial score (nSPS) is 14.4. The molecule has 0 saturated carbocycles. The smallest absolute Gasteiger partial charge is 0.306 e. The third-order valence-corrected chi connectivity index (χ3v) is 2.78. The third kappa shape index (κ3) is 4.87. The molecule has 0 heterocycles. The second kappa shape index (κ2) is 6.31. The second-order valence-corrected chi connectivity index (χ2v) is 4.41. The number of halogens is 2. The highest BCUT2D eigenvalue weighted by Crippen LogP contribution is 2.31. The molecular formula is C10H16Cl2O2. The van der Waals surface area contributed by atoms with E-state index in [2.05, 4.69) is 0 Å². The highest BCUT2D eigenvalue weighted by molar-refractivity contribution is 6.27. The fourth-order valence-electron chi connectivity index (χ4n) is 1.01. The van der Waals surface area contributed by atoms with Crippen LogP contribution in [0.25, 0.3) is 0 Å². The first-order chi connectivity index (χ1) is 6.44. The molecule has 0 radical (unpaired) electrons. The molecule has 0 aliphatic rings. The highest BCUT2D eigenvalue weighted by Gasteiger charge is 2.29. The molecule has 0 amide bonds. The lowest BCUT2D eigenvalue weighted by atomic mass is 9.85. The van der Waals surface area contributed by atoms with Crippen LogP contribution in [-0.4, -0.2) is 18.0 Å². The van der Waals surface area contributed by atoms with Gasteiger partial charge in [0.25, 0.3) is 0 Å². The van der Waals surface area contributed by atoms with Crippen molar-refractivity contribution in [2.45, 2.75) is 32.6 Å². The lowest BCUT2D eigenvalue weighted by molar-refractivity contribution is -0.145. The summed E-state index contributed by atoms with van der Waals surface area (Å²) >= 11 is 11.5. The number of ether oxygens (including phenoxy) is 1. The Morgan fingerprint density at radius 2 is 2.14 bits per heavy atom. The first-order valence-electron chi connectivity index (χ1n) is 4.50. The summed E-state index contributed by atoms with van der Waals surface area (Å²) in [6.45, 7) is 5.98. The van der Waals surface area contributed by atoms with E-state index in [1.54, 1.807) is 13.0 Å². The monoisotopic (exact) mass is 238 g/mol. The summed E-state index contributed by atoms with van der Waals surface area (Å²) in [5.74, 6) is -0.230. The van der Waals surface area contributed by atoms with E-state index in [4.69, 9.17) is 27.9 Å². The zero-order valence-electron chi connectivity index (χ0n) is 8.72. The van der Waals surface area contributed by atoms with E-state index in [0.29, 0.717) is 6.61 Å². The topological polar surface area (TPSA) is 26.3 Å². The van der Waals surface area contributed by atoms with E-state index in [-0.39, 0.29) is 23.2 Å². The van der Waals surface area contributed by atoms with E-state index in [9.17, 15) is 4.79 Å². The number of carbonyl (C=O) groups excluding carboxylic acids is 1. The molecule has 0 fully saturated rings. The van der Waals surface area contributed by atoms with E-state index < -0.39 is 0 Å². The Morgan fingerprint density at radius 3 is 2.57 bits per heavy atom. The molecule has 4 heteroatoms. The maximum Gasteiger partial charge on any atom is 0.306 e. The molecular weight excluding hydrogens is 223 g/mol. The molecule has 0 bridgehead atoms. The van der Waals surface area contributed by atoms with Crippen LogP contribution < -0.4 is 0 Å². The van der Waals surface area contributed by atoms with Crippen LogP contribution in [0.3, 0.4) is 0 Å². The Labute approximate surface area is 95.2 Å². The Bertz CT molecular complexity index is 212. The van der Waals surface area contributed by atoms with Gasteiger partial charge >= 0.3 is 5.97 Å². The maximum absolute atomic E-state index is 11.2. The zero-order valence-corrected chi connectivity index (χ0v) is 10.2. The van der Waals surface area contributed by atoms with Gasteiger partial charge in [-0.25, -0.2) is 0 Å². The Balaban J connectivity index is 4.24. The van der Waals surface area contributed by atoms with Crippen LogP contribution in [0.15, 0.2) is 11.6 Å². The standard InChI is InChI=1S/C10H16Cl2O2/c1-4-14-9(13)7-10(2,3)8(12)5-6-11/h5-6,8H,4,7H2,1-3H3/b6-5+. The van der Waals surface area contributed by atoms with E-state index >= 15 is 0 Å². The largest absolute Gasteiger partial charge is 0.466 e. The van der Waals surface area contributed by atoms with Gasteiger partial charge in [0.2, 0.25) is 0 Å². The van der Waals surface area contributed by atoms with Crippen LogP contribution in [0.5, 0.6) is 0 Å². The van der Waals surface area contributed by atoms with Crippen molar-refractivity contribution in [2.75, 3.05) is 6.61 Å². The van der Waals surface area contributed by atoms with E-state index in [1.165, 1.54) is 5.54 Å². The summed E-state index contributed by atoms with van der Waals surface area (Å²) < 4.78 is 4.85. The molecule has 0 aliphatic carbocycles. The Kier molecular flexibility index (Phi) is 6.21. The van der Waals surface area contributed by atoms with E-state index in [0.717, 1.165) is 0 Å². The summed E-state index contributed by atoms with van der Waals surface area (Å²) in [5, 5.41) is -0.274. The van der Waals surface area contributed by atoms with Crippen LogP contribution in [-0.2, 0) is 9.53 Å². The minimum Gasteiger partial charge on any atom is -0.466 e. The summed E-state index contributed by atoms with van der Waals surface area (Å²) in [6.07, 6.45) is 1.94. The summed E-state index contributed by atoms with van der Waals surface area (Å²) in [5.41, 5.74) is 1.02. The maximum atomic E-state index is 11.2. The highest BCUT2D eigenvalue weighted by atomic mass is 35.5. The number of alkyl halides is 1. The van der Waals surface area contributed by atoms with Crippen molar-refractivity contribution in [3.05, 3.63) is 11.6 Å². The fourth-order valence-corrected chi connectivity index (χ4v) is 1.38. The van der Waals surface area contributed by atoms with Crippen molar-refractivity contribution in [1.82, 2.24) is 0 Å². The summed E-state index contributed by atoms with van der Waals surface area (Å²) in [6, 6.07) is 0. The number of esters is 1. The van der Waals surface area contributed by atoms with Gasteiger partial charge in [0.05, 0.1) is 18.4 Å². The van der Waals surface area contributed by atoms with Gasteiger partial charge < -0.3 is 4.74 Å². The first-order valence-corrected chi connectivity index (χ1v) is 5.38. The molecule has 0 aliphatic heterocycles. The van der Waals surface area contributed by atoms with Gasteiger partial charge in [0.15, 0.2) is 0 Å². The lowest BCUT2D eigenvalue weighted by Crippen LogP contribution is -2.27. The van der Waals surface area contributed by atoms with Gasteiger partial charge in [-0.15, -0.1) is 11.6 Å². The molecule has 0 aromatic rings. The van der Waals surface area contributed by atoms with E-state index in [1.807, 2.05) is 13.8 Å².